The molecular formula is C21H18N4O5. The van der Waals surface area contributed by atoms with Gasteiger partial charge in [0.25, 0.3) is 0 Å². The lowest BCUT2D eigenvalue weighted by molar-refractivity contribution is -0.116. The fourth-order valence-corrected chi connectivity index (χ4v) is 4.01. The number of methoxy groups -OCH3 is 1. The van der Waals surface area contributed by atoms with Gasteiger partial charge in [0.15, 0.2) is 5.78 Å². The maximum atomic E-state index is 13.2. The lowest BCUT2D eigenvalue weighted by atomic mass is 9.80. The number of fused-ring (bicyclic) bond motifs is 1. The molecule has 2 N–H and O–H groups in total. The summed E-state index contributed by atoms with van der Waals surface area (Å²) in [5.41, 5.74) is 2.59. The summed E-state index contributed by atoms with van der Waals surface area (Å²) < 4.78 is 15.2. The zero-order chi connectivity index (χ0) is 20.7. The van der Waals surface area contributed by atoms with Gasteiger partial charge >= 0.3 is 5.97 Å². The number of esters is 1. The van der Waals surface area contributed by atoms with E-state index in [-0.39, 0.29) is 11.7 Å². The van der Waals surface area contributed by atoms with Crippen LogP contribution in [0.25, 0.3) is 0 Å². The lowest BCUT2D eigenvalue weighted by Gasteiger charge is -2.28. The van der Waals surface area contributed by atoms with Crippen molar-refractivity contribution in [3.05, 3.63) is 70.8 Å². The van der Waals surface area contributed by atoms with Crippen LogP contribution in [0.5, 0.6) is 0 Å². The highest BCUT2D eigenvalue weighted by Gasteiger charge is 2.38. The Bertz CT molecular complexity index is 1130. The highest BCUT2D eigenvalue weighted by atomic mass is 16.6. The number of allylic oxidation sites excluding steroid dienone is 1. The minimum absolute atomic E-state index is 0.00165. The first-order valence-electron chi connectivity index (χ1n) is 9.48. The molecule has 0 amide bonds. The van der Waals surface area contributed by atoms with Gasteiger partial charge in [0.05, 0.1) is 25.0 Å². The van der Waals surface area contributed by atoms with Crippen molar-refractivity contribution in [3.8, 4) is 0 Å². The molecule has 0 radical (unpaired) electrons. The molecule has 9 nitrogen and oxygen atoms in total. The summed E-state index contributed by atoms with van der Waals surface area (Å²) in [7, 11) is 1.33. The Hall–Kier alpha value is -3.88. The Morgan fingerprint density at radius 1 is 1.13 bits per heavy atom. The number of Topliss-reactive ketones (excluding diaryl/α,β-unsaturated/α-hetero) is 1. The molecule has 0 spiro atoms. The fourth-order valence-electron chi connectivity index (χ4n) is 4.01. The molecule has 1 aromatic carbocycles. The quantitative estimate of drug-likeness (QED) is 0.630. The monoisotopic (exact) mass is 406 g/mol. The van der Waals surface area contributed by atoms with Gasteiger partial charge in [0, 0.05) is 23.6 Å². The van der Waals surface area contributed by atoms with E-state index in [0.29, 0.717) is 35.6 Å². The zero-order valence-electron chi connectivity index (χ0n) is 16.0. The third kappa shape index (κ3) is 3.04. The first-order chi connectivity index (χ1) is 14.6. The molecule has 1 aliphatic carbocycles. The Kier molecular flexibility index (Phi) is 4.35. The molecular weight excluding hydrogens is 388 g/mol. The number of furan rings is 1. The lowest BCUT2D eigenvalue weighted by Crippen LogP contribution is -2.27. The number of carbonyl (C=O) groups excluding carboxylic acids is 2. The fraction of sp³-hybridized carbons (Fsp3) is 0.238. The highest BCUT2D eigenvalue weighted by molar-refractivity contribution is 6.00. The second-order valence-electron chi connectivity index (χ2n) is 7.21. The summed E-state index contributed by atoms with van der Waals surface area (Å²) >= 11 is 0. The number of ether oxygens (including phenoxy) is 1. The number of aromatic nitrogens is 2. The summed E-state index contributed by atoms with van der Waals surface area (Å²) in [5.74, 6) is 1.11. The van der Waals surface area contributed by atoms with E-state index >= 15 is 0 Å². The molecule has 5 rings (SSSR count). The standard InChI is InChI=1S/C21H18N4O5/c1-28-21(27)12-6-4-11(5-7-12)18-17-14(22-19-20(23-18)25-30-24-19)9-13(10-15(17)26)16-3-2-8-29-16/h2-8,13,18H,9-10H2,1H3,(H,22,24)(H,23,25). The molecule has 9 heteroatoms. The van der Waals surface area contributed by atoms with E-state index < -0.39 is 12.0 Å². The van der Waals surface area contributed by atoms with Crippen LogP contribution in [0.15, 0.2) is 63.0 Å². The average molecular weight is 406 g/mol. The number of carbonyl (C=O) groups is 2. The summed E-state index contributed by atoms with van der Waals surface area (Å²) in [6, 6.07) is 10.1. The van der Waals surface area contributed by atoms with Crippen molar-refractivity contribution >= 4 is 23.4 Å². The number of anilines is 2. The van der Waals surface area contributed by atoms with Crippen LogP contribution >= 0.6 is 0 Å². The molecule has 2 aromatic heterocycles. The van der Waals surface area contributed by atoms with Crippen molar-refractivity contribution < 1.29 is 23.4 Å². The number of rotatable bonds is 3. The van der Waals surface area contributed by atoms with E-state index in [4.69, 9.17) is 13.8 Å². The first-order valence-corrected chi connectivity index (χ1v) is 9.48. The van der Waals surface area contributed by atoms with Gasteiger partial charge in [-0.15, -0.1) is 0 Å². The minimum Gasteiger partial charge on any atom is -0.469 e. The predicted octanol–water partition coefficient (Wildman–Crippen LogP) is 3.43. The smallest absolute Gasteiger partial charge is 0.337 e. The zero-order valence-corrected chi connectivity index (χ0v) is 16.0. The Morgan fingerprint density at radius 3 is 2.67 bits per heavy atom. The van der Waals surface area contributed by atoms with Crippen molar-refractivity contribution in [2.45, 2.75) is 24.8 Å². The van der Waals surface area contributed by atoms with Crippen LogP contribution in [-0.2, 0) is 9.53 Å². The van der Waals surface area contributed by atoms with Crippen molar-refractivity contribution in [1.29, 1.82) is 0 Å². The van der Waals surface area contributed by atoms with Gasteiger partial charge in [-0.1, -0.05) is 12.1 Å². The molecule has 0 fully saturated rings. The Balaban J connectivity index is 1.56. The summed E-state index contributed by atoms with van der Waals surface area (Å²) in [4.78, 5) is 25.0. The minimum atomic E-state index is -0.475. The molecule has 30 heavy (non-hydrogen) atoms. The number of hydrogen-bond acceptors (Lipinski definition) is 9. The maximum absolute atomic E-state index is 13.2. The van der Waals surface area contributed by atoms with Gasteiger partial charge in [-0.3, -0.25) is 4.79 Å². The molecule has 3 aromatic rings. The second-order valence-corrected chi connectivity index (χ2v) is 7.21. The van der Waals surface area contributed by atoms with Crippen molar-refractivity contribution in [2.75, 3.05) is 17.7 Å². The third-order valence-electron chi connectivity index (χ3n) is 5.45. The number of nitrogens with one attached hydrogen (secondary N) is 2. The average Bonchev–Trinajstić information content (AvgIpc) is 3.42. The van der Waals surface area contributed by atoms with Crippen LogP contribution in [0.4, 0.5) is 11.6 Å². The SMILES string of the molecule is COC(=O)c1ccc(C2Nc3nonc3NC3=C2C(=O)CC(c2ccco2)C3)cc1. The van der Waals surface area contributed by atoms with Crippen LogP contribution in [0.2, 0.25) is 0 Å². The molecule has 1 aliphatic heterocycles. The van der Waals surface area contributed by atoms with Crippen LogP contribution < -0.4 is 10.6 Å². The molecule has 0 saturated heterocycles. The molecule has 152 valence electrons. The summed E-state index contributed by atoms with van der Waals surface area (Å²) in [6.45, 7) is 0. The molecule has 2 unspecified atom stereocenters. The van der Waals surface area contributed by atoms with Gasteiger partial charge in [0.1, 0.15) is 5.76 Å². The van der Waals surface area contributed by atoms with E-state index in [0.717, 1.165) is 17.0 Å². The number of benzene rings is 1. The Labute approximate surface area is 171 Å². The molecule has 3 heterocycles. The molecule has 2 atom stereocenters. The maximum Gasteiger partial charge on any atom is 0.337 e. The normalized spacial score (nSPS) is 20.5. The third-order valence-corrected chi connectivity index (χ3v) is 5.45. The van der Waals surface area contributed by atoms with Crippen molar-refractivity contribution in [2.24, 2.45) is 0 Å². The number of hydrogen-bond donors (Lipinski definition) is 2. The summed E-state index contributed by atoms with van der Waals surface area (Å²) in [5, 5.41) is 14.3. The van der Waals surface area contributed by atoms with E-state index in [9.17, 15) is 9.59 Å². The van der Waals surface area contributed by atoms with Crippen LogP contribution in [-0.4, -0.2) is 29.2 Å². The van der Waals surface area contributed by atoms with Crippen LogP contribution in [0.1, 0.15) is 46.5 Å². The number of ketones is 1. The van der Waals surface area contributed by atoms with Gasteiger partial charge in [-0.2, -0.15) is 0 Å². The Morgan fingerprint density at radius 2 is 1.93 bits per heavy atom. The van der Waals surface area contributed by atoms with E-state index in [1.807, 2.05) is 12.1 Å². The molecule has 0 saturated carbocycles. The predicted molar refractivity (Wildman–Crippen MR) is 105 cm³/mol. The second kappa shape index (κ2) is 7.18. The van der Waals surface area contributed by atoms with E-state index in [1.165, 1.54) is 7.11 Å². The topological polar surface area (TPSA) is 119 Å². The van der Waals surface area contributed by atoms with E-state index in [2.05, 4.69) is 20.9 Å². The van der Waals surface area contributed by atoms with Gasteiger partial charge in [-0.05, 0) is 46.6 Å². The van der Waals surface area contributed by atoms with Gasteiger partial charge < -0.3 is 19.8 Å². The summed E-state index contributed by atoms with van der Waals surface area (Å²) in [6.07, 6.45) is 2.53. The molecule has 2 aliphatic rings. The highest BCUT2D eigenvalue weighted by Crippen LogP contribution is 2.43. The van der Waals surface area contributed by atoms with Gasteiger partial charge in [0.2, 0.25) is 11.6 Å². The van der Waals surface area contributed by atoms with Crippen LogP contribution in [0, 0.1) is 0 Å². The first kappa shape index (κ1) is 18.2. The van der Waals surface area contributed by atoms with Crippen molar-refractivity contribution in [3.63, 3.8) is 0 Å². The largest absolute Gasteiger partial charge is 0.469 e. The van der Waals surface area contributed by atoms with E-state index in [1.54, 1.807) is 30.5 Å². The molecule has 0 bridgehead atoms. The van der Waals surface area contributed by atoms with Crippen LogP contribution in [0.3, 0.4) is 0 Å². The number of nitrogens with zero attached hydrogens (tertiary/aromatic N) is 2. The van der Waals surface area contributed by atoms with Gasteiger partial charge in [-0.25, -0.2) is 9.42 Å². The van der Waals surface area contributed by atoms with Crippen molar-refractivity contribution in [1.82, 2.24) is 10.3 Å².